The van der Waals surface area contributed by atoms with Gasteiger partial charge in [0.15, 0.2) is 0 Å². The smallest absolute Gasteiger partial charge is 0.203 e. The average molecular weight is 253 g/mol. The van der Waals surface area contributed by atoms with Crippen LogP contribution in [-0.4, -0.2) is 42.5 Å². The van der Waals surface area contributed by atoms with Crippen LogP contribution in [0.25, 0.3) is 0 Å². The Hall–Kier alpha value is -1.07. The summed E-state index contributed by atoms with van der Waals surface area (Å²) < 4.78 is 12.9. The lowest BCUT2D eigenvalue weighted by Gasteiger charge is -2.18. The third kappa shape index (κ3) is 3.03. The lowest BCUT2D eigenvalue weighted by molar-refractivity contribution is 0.108. The number of aryl methyl sites for hydroxylation is 1. The normalized spacial score (nSPS) is 23.5. The highest BCUT2D eigenvalue weighted by molar-refractivity contribution is 5.30. The number of nitrogens with zero attached hydrogens (tertiary/aromatic N) is 2. The van der Waals surface area contributed by atoms with Gasteiger partial charge in [-0.2, -0.15) is 0 Å². The molecule has 0 spiro atoms. The van der Waals surface area contributed by atoms with E-state index in [1.807, 2.05) is 6.92 Å². The van der Waals surface area contributed by atoms with Crippen molar-refractivity contribution >= 4 is 5.95 Å². The van der Waals surface area contributed by atoms with Gasteiger partial charge in [0.1, 0.15) is 0 Å². The van der Waals surface area contributed by atoms with Gasteiger partial charge in [0, 0.05) is 33.1 Å². The molecule has 18 heavy (non-hydrogen) atoms. The van der Waals surface area contributed by atoms with Crippen molar-refractivity contribution in [3.8, 4) is 0 Å². The van der Waals surface area contributed by atoms with Gasteiger partial charge in [-0.15, -0.1) is 0 Å². The van der Waals surface area contributed by atoms with Crippen LogP contribution >= 0.6 is 0 Å². The van der Waals surface area contributed by atoms with Crippen molar-refractivity contribution in [2.24, 2.45) is 0 Å². The van der Waals surface area contributed by atoms with E-state index in [9.17, 15) is 0 Å². The topological polar surface area (TPSA) is 48.3 Å². The molecule has 2 rings (SSSR count). The van der Waals surface area contributed by atoms with Gasteiger partial charge in [-0.1, -0.05) is 0 Å². The zero-order valence-electron chi connectivity index (χ0n) is 11.5. The second kappa shape index (κ2) is 6.20. The highest BCUT2D eigenvalue weighted by atomic mass is 16.5. The number of methoxy groups -OCH3 is 1. The molecule has 1 aliphatic heterocycles. The minimum atomic E-state index is 0.262. The molecule has 0 aliphatic carbocycles. The number of anilines is 1. The number of nitrogens with one attached hydrogen (secondary N) is 1. The minimum Gasteiger partial charge on any atom is -0.385 e. The molecule has 2 atom stereocenters. The highest BCUT2D eigenvalue weighted by Crippen LogP contribution is 2.29. The predicted molar refractivity (Wildman–Crippen MR) is 71.0 cm³/mol. The zero-order valence-corrected chi connectivity index (χ0v) is 11.5. The fourth-order valence-electron chi connectivity index (χ4n) is 2.40. The Bertz CT molecular complexity index is 378. The minimum absolute atomic E-state index is 0.262. The second-order valence-corrected chi connectivity index (χ2v) is 4.82. The van der Waals surface area contributed by atoms with E-state index in [1.165, 1.54) is 0 Å². The van der Waals surface area contributed by atoms with E-state index < -0.39 is 0 Å². The van der Waals surface area contributed by atoms with Crippen LogP contribution < -0.4 is 5.32 Å². The largest absolute Gasteiger partial charge is 0.385 e. The van der Waals surface area contributed by atoms with Crippen LogP contribution in [0.2, 0.25) is 0 Å². The Morgan fingerprint density at radius 1 is 1.61 bits per heavy atom. The van der Waals surface area contributed by atoms with Crippen LogP contribution in [0, 0.1) is 6.92 Å². The lowest BCUT2D eigenvalue weighted by atomic mass is 10.1. The van der Waals surface area contributed by atoms with Crippen molar-refractivity contribution < 1.29 is 9.47 Å². The van der Waals surface area contributed by atoms with Crippen molar-refractivity contribution in [1.29, 1.82) is 0 Å². The molecule has 0 aromatic carbocycles. The molecule has 1 N–H and O–H groups in total. The zero-order chi connectivity index (χ0) is 13.0. The summed E-state index contributed by atoms with van der Waals surface area (Å²) in [6.07, 6.45) is 4.41. The molecule has 5 heteroatoms. The molecule has 1 aromatic heterocycles. The highest BCUT2D eigenvalue weighted by Gasteiger charge is 2.27. The first-order valence-electron chi connectivity index (χ1n) is 6.62. The van der Waals surface area contributed by atoms with Crippen LogP contribution in [0.15, 0.2) is 6.20 Å². The van der Waals surface area contributed by atoms with E-state index in [-0.39, 0.29) is 6.10 Å². The van der Waals surface area contributed by atoms with Crippen LogP contribution in [0.3, 0.4) is 0 Å². The van der Waals surface area contributed by atoms with Gasteiger partial charge in [0.2, 0.25) is 5.95 Å². The summed E-state index contributed by atoms with van der Waals surface area (Å²) in [5.41, 5.74) is 1.04. The summed E-state index contributed by atoms with van der Waals surface area (Å²) in [5.74, 6) is 0.950. The van der Waals surface area contributed by atoms with Gasteiger partial charge in [-0.3, -0.25) is 0 Å². The van der Waals surface area contributed by atoms with Crippen LogP contribution in [-0.2, 0) is 9.47 Å². The molecule has 2 unspecified atom stereocenters. The van der Waals surface area contributed by atoms with Gasteiger partial charge >= 0.3 is 0 Å². The van der Waals surface area contributed by atoms with E-state index in [4.69, 9.17) is 9.47 Å². The molecular formula is C13H23N3O2. The number of hydrogen-bond acceptors (Lipinski definition) is 4. The summed E-state index contributed by atoms with van der Waals surface area (Å²) >= 11 is 0. The molecule has 1 fully saturated rings. The summed E-state index contributed by atoms with van der Waals surface area (Å²) in [6, 6.07) is 0.399. The predicted octanol–water partition coefficient (Wildman–Crippen LogP) is 1.99. The van der Waals surface area contributed by atoms with E-state index >= 15 is 0 Å². The van der Waals surface area contributed by atoms with Gasteiger partial charge in [-0.05, 0) is 26.7 Å². The second-order valence-electron chi connectivity index (χ2n) is 4.82. The van der Waals surface area contributed by atoms with Gasteiger partial charge in [0.05, 0.1) is 17.8 Å². The summed E-state index contributed by atoms with van der Waals surface area (Å²) in [6.45, 7) is 6.65. The summed E-state index contributed by atoms with van der Waals surface area (Å²) in [5, 5.41) is 3.38. The van der Waals surface area contributed by atoms with Crippen molar-refractivity contribution in [2.75, 3.05) is 32.2 Å². The first-order valence-corrected chi connectivity index (χ1v) is 6.62. The first-order chi connectivity index (χ1) is 8.72. The Morgan fingerprint density at radius 2 is 2.44 bits per heavy atom. The monoisotopic (exact) mass is 253 g/mol. The Balaban J connectivity index is 2.00. The maximum absolute atomic E-state index is 5.63. The standard InChI is InChI=1S/C13H23N3O2/c1-10-9-16(12-5-8-18-11(12)2)13(15-10)14-6-4-7-17-3/h9,11-12H,4-8H2,1-3H3,(H,14,15). The Labute approximate surface area is 108 Å². The van der Waals surface area contributed by atoms with Gasteiger partial charge in [0.25, 0.3) is 0 Å². The molecule has 0 bridgehead atoms. The molecule has 102 valence electrons. The lowest BCUT2D eigenvalue weighted by Crippen LogP contribution is -2.19. The van der Waals surface area contributed by atoms with Crippen molar-refractivity contribution in [3.05, 3.63) is 11.9 Å². The third-order valence-corrected chi connectivity index (χ3v) is 3.35. The molecule has 1 aromatic rings. The van der Waals surface area contributed by atoms with Crippen molar-refractivity contribution in [3.63, 3.8) is 0 Å². The van der Waals surface area contributed by atoms with E-state index in [0.29, 0.717) is 6.04 Å². The van der Waals surface area contributed by atoms with E-state index in [1.54, 1.807) is 7.11 Å². The average Bonchev–Trinajstić information content (AvgIpc) is 2.91. The fraction of sp³-hybridized carbons (Fsp3) is 0.769. The summed E-state index contributed by atoms with van der Waals surface area (Å²) in [4.78, 5) is 4.54. The fourth-order valence-corrected chi connectivity index (χ4v) is 2.40. The number of imidazole rings is 1. The number of rotatable bonds is 6. The number of ether oxygens (including phenoxy) is 2. The molecule has 0 radical (unpaired) electrons. The maximum atomic E-state index is 5.63. The van der Waals surface area contributed by atoms with Crippen molar-refractivity contribution in [1.82, 2.24) is 9.55 Å². The van der Waals surface area contributed by atoms with E-state index in [0.717, 1.165) is 44.2 Å². The molecule has 1 saturated heterocycles. The van der Waals surface area contributed by atoms with E-state index in [2.05, 4.69) is 28.0 Å². The number of aromatic nitrogens is 2. The molecule has 0 amide bonds. The van der Waals surface area contributed by atoms with Crippen LogP contribution in [0.4, 0.5) is 5.95 Å². The van der Waals surface area contributed by atoms with Gasteiger partial charge in [-0.25, -0.2) is 4.98 Å². The Morgan fingerprint density at radius 3 is 3.11 bits per heavy atom. The SMILES string of the molecule is COCCCNc1nc(C)cn1C1CCOC1C. The third-order valence-electron chi connectivity index (χ3n) is 3.35. The molecule has 2 heterocycles. The molecule has 1 aliphatic rings. The first kappa shape index (κ1) is 13.4. The quantitative estimate of drug-likeness (QED) is 0.788. The molecule has 0 saturated carbocycles. The number of hydrogen-bond donors (Lipinski definition) is 1. The van der Waals surface area contributed by atoms with Crippen LogP contribution in [0.1, 0.15) is 31.5 Å². The molecular weight excluding hydrogens is 230 g/mol. The van der Waals surface area contributed by atoms with Crippen LogP contribution in [0.5, 0.6) is 0 Å². The maximum Gasteiger partial charge on any atom is 0.203 e. The Kier molecular flexibility index (Phi) is 4.60. The molecule has 5 nitrogen and oxygen atoms in total. The summed E-state index contributed by atoms with van der Waals surface area (Å²) in [7, 11) is 1.72. The van der Waals surface area contributed by atoms with Crippen molar-refractivity contribution in [2.45, 2.75) is 38.8 Å². The van der Waals surface area contributed by atoms with Gasteiger partial charge < -0.3 is 19.4 Å².